The number of amides is 7. The minimum absolute atomic E-state index is 0.0510. The molecule has 366 valence electrons. The predicted octanol–water partition coefficient (Wildman–Crippen LogP) is 4.03. The van der Waals surface area contributed by atoms with E-state index < -0.39 is 78.0 Å². The van der Waals surface area contributed by atoms with E-state index in [1.54, 1.807) is 18.2 Å². The Kier molecular flexibility index (Phi) is 18.3. The molecule has 2 fully saturated rings. The molecule has 0 bridgehead atoms. The van der Waals surface area contributed by atoms with Crippen molar-refractivity contribution in [3.63, 3.8) is 0 Å². The summed E-state index contributed by atoms with van der Waals surface area (Å²) < 4.78 is 11.3. The van der Waals surface area contributed by atoms with Crippen molar-refractivity contribution in [3.05, 3.63) is 132 Å². The second kappa shape index (κ2) is 24.7. The molecule has 4 aromatic carbocycles. The van der Waals surface area contributed by atoms with Crippen LogP contribution in [0.4, 0.5) is 10.5 Å². The molecule has 0 unspecified atom stereocenters. The highest BCUT2D eigenvalue weighted by molar-refractivity contribution is 5.94. The van der Waals surface area contributed by atoms with Gasteiger partial charge in [-0.3, -0.25) is 33.7 Å². The van der Waals surface area contributed by atoms with Gasteiger partial charge >= 0.3 is 6.09 Å². The van der Waals surface area contributed by atoms with Crippen molar-refractivity contribution in [2.45, 2.75) is 108 Å². The summed E-state index contributed by atoms with van der Waals surface area (Å²) in [5, 5.41) is 25.5. The summed E-state index contributed by atoms with van der Waals surface area (Å²) in [6.07, 6.45) is -0.0243. The van der Waals surface area contributed by atoms with Gasteiger partial charge in [-0.2, -0.15) is 0 Å². The summed E-state index contributed by atoms with van der Waals surface area (Å²) in [4.78, 5) is 96.2. The molecule has 4 aromatic rings. The van der Waals surface area contributed by atoms with E-state index in [4.69, 9.17) is 9.47 Å². The van der Waals surface area contributed by atoms with Gasteiger partial charge in [0.1, 0.15) is 30.5 Å². The molecule has 17 nitrogen and oxygen atoms in total. The molecule has 7 amide bonds. The number of ether oxygens (including phenoxy) is 2. The third-order valence-corrected chi connectivity index (χ3v) is 11.7. The van der Waals surface area contributed by atoms with E-state index in [-0.39, 0.29) is 44.1 Å². The Hall–Kier alpha value is -7.27. The average Bonchev–Trinajstić information content (AvgIpc) is 4.04. The smallest absolute Gasteiger partial charge is 0.410 e. The van der Waals surface area contributed by atoms with Gasteiger partial charge < -0.3 is 46.1 Å². The quantitative estimate of drug-likeness (QED) is 0.0746. The number of hydrogen-bond acceptors (Lipinski definition) is 10. The van der Waals surface area contributed by atoms with E-state index in [2.05, 4.69) is 26.6 Å². The Bertz CT molecular complexity index is 2380. The van der Waals surface area contributed by atoms with Crippen LogP contribution in [0.2, 0.25) is 0 Å². The zero-order valence-corrected chi connectivity index (χ0v) is 39.4. The second-order valence-electron chi connectivity index (χ2n) is 18.3. The molecule has 5 atom stereocenters. The highest BCUT2D eigenvalue weighted by Crippen LogP contribution is 2.23. The molecule has 17 heteroatoms. The number of carbonyl (C=O) groups is 7. The minimum Gasteiger partial charge on any atom is -0.484 e. The van der Waals surface area contributed by atoms with Crippen molar-refractivity contribution in [2.75, 3.05) is 31.6 Å². The van der Waals surface area contributed by atoms with Crippen LogP contribution in [-0.4, -0.2) is 118 Å². The summed E-state index contributed by atoms with van der Waals surface area (Å²) in [5.41, 5.74) is 2.24. The van der Waals surface area contributed by atoms with Gasteiger partial charge in [0.05, 0.1) is 6.04 Å². The molecular weight excluding hydrogens is 883 g/mol. The van der Waals surface area contributed by atoms with Crippen LogP contribution >= 0.6 is 0 Å². The van der Waals surface area contributed by atoms with E-state index in [1.165, 1.54) is 15.9 Å². The number of aliphatic hydroxyl groups excluding tert-OH is 1. The molecule has 6 rings (SSSR count). The van der Waals surface area contributed by atoms with Crippen LogP contribution in [-0.2, 0) is 53.0 Å². The first kappa shape index (κ1) is 51.1. The number of likely N-dealkylation sites (tertiary alicyclic amines) is 2. The number of hydrogen-bond donors (Lipinski definition) is 6. The van der Waals surface area contributed by atoms with Gasteiger partial charge in [-0.25, -0.2) is 4.79 Å². The molecule has 0 spiro atoms. The maximum atomic E-state index is 13.7. The maximum absolute atomic E-state index is 13.7. The van der Waals surface area contributed by atoms with Gasteiger partial charge in [0, 0.05) is 49.8 Å². The molecule has 2 heterocycles. The topological polar surface area (TPSA) is 225 Å². The molecule has 69 heavy (non-hydrogen) atoms. The standard InChI is InChI=1S/C52H63N7O10/c1-52(2,3)57-49(65)43-25-14-28-58(43)50(66)46(62)40(30-35-16-7-4-8-17-35)55-45(61)34-68-39-23-13-22-38(32-39)54-44(60)26-27-53-47(63)41(31-36-18-9-5-10-19-36)56-48(64)42-24-15-29-59(42)51(67)69-33-37-20-11-6-12-21-37/h4-13,16-23,32,40-43,46,62H,14-15,24-31,33-34H2,1-3H3,(H,53,63)(H,54,60)(H,55,61)(H,56,64)(H,57,65)/t40-,41+,42-,43-,46-/m0/s1. The first-order chi connectivity index (χ1) is 33.1. The molecule has 0 aliphatic carbocycles. The molecule has 2 aliphatic rings. The zero-order valence-electron chi connectivity index (χ0n) is 39.4. The summed E-state index contributed by atoms with van der Waals surface area (Å²) in [5.74, 6) is -2.73. The summed E-state index contributed by atoms with van der Waals surface area (Å²) in [6, 6.07) is 30.3. The van der Waals surface area contributed by atoms with Crippen molar-refractivity contribution in [1.29, 1.82) is 0 Å². The van der Waals surface area contributed by atoms with Gasteiger partial charge in [0.15, 0.2) is 12.7 Å². The van der Waals surface area contributed by atoms with Crippen molar-refractivity contribution < 1.29 is 48.1 Å². The van der Waals surface area contributed by atoms with Gasteiger partial charge in [0.25, 0.3) is 11.8 Å². The van der Waals surface area contributed by atoms with Crippen LogP contribution in [0.1, 0.15) is 69.6 Å². The molecule has 0 aromatic heterocycles. The fourth-order valence-corrected chi connectivity index (χ4v) is 8.30. The third kappa shape index (κ3) is 15.6. The Labute approximate surface area is 402 Å². The average molecular weight is 946 g/mol. The first-order valence-electron chi connectivity index (χ1n) is 23.4. The normalized spacial score (nSPS) is 16.9. The number of benzene rings is 4. The number of carbonyl (C=O) groups excluding carboxylic acids is 7. The van der Waals surface area contributed by atoms with Gasteiger partial charge in [-0.05, 0) is 81.7 Å². The van der Waals surface area contributed by atoms with E-state index in [0.29, 0.717) is 44.5 Å². The number of aliphatic hydroxyl groups is 1. The van der Waals surface area contributed by atoms with E-state index in [1.807, 2.05) is 112 Å². The number of anilines is 1. The van der Waals surface area contributed by atoms with E-state index in [9.17, 15) is 38.7 Å². The van der Waals surface area contributed by atoms with Crippen LogP contribution in [0, 0.1) is 0 Å². The highest BCUT2D eigenvalue weighted by atomic mass is 16.6. The number of rotatable bonds is 20. The predicted molar refractivity (Wildman–Crippen MR) is 257 cm³/mol. The van der Waals surface area contributed by atoms with Crippen molar-refractivity contribution in [3.8, 4) is 5.75 Å². The SMILES string of the molecule is CC(C)(C)NC(=O)[C@@H]1CCCN1C(=O)[C@@H](O)[C@H](Cc1ccccc1)NC(=O)COc1cccc(NC(=O)CCNC(=O)[C@@H](Cc2ccccc2)NC(=O)[C@@H]2CCCN2C(=O)OCc2ccccc2)c1. The summed E-state index contributed by atoms with van der Waals surface area (Å²) >= 11 is 0. The van der Waals surface area contributed by atoms with Crippen LogP contribution in [0.3, 0.4) is 0 Å². The lowest BCUT2D eigenvalue weighted by atomic mass is 9.99. The monoisotopic (exact) mass is 945 g/mol. The van der Waals surface area contributed by atoms with E-state index >= 15 is 0 Å². The van der Waals surface area contributed by atoms with Crippen molar-refractivity contribution >= 4 is 47.2 Å². The lowest BCUT2D eigenvalue weighted by Crippen LogP contribution is -2.57. The Morgan fingerprint density at radius 3 is 1.93 bits per heavy atom. The fraction of sp³-hybridized carbons (Fsp3) is 0.404. The molecule has 0 radical (unpaired) electrons. The van der Waals surface area contributed by atoms with E-state index in [0.717, 1.165) is 16.7 Å². The van der Waals surface area contributed by atoms with Crippen molar-refractivity contribution in [1.82, 2.24) is 31.1 Å². The van der Waals surface area contributed by atoms with Gasteiger partial charge in [-0.15, -0.1) is 0 Å². The second-order valence-corrected chi connectivity index (χ2v) is 18.3. The Morgan fingerprint density at radius 2 is 1.29 bits per heavy atom. The Morgan fingerprint density at radius 1 is 0.696 bits per heavy atom. The van der Waals surface area contributed by atoms with Crippen LogP contribution < -0.4 is 31.3 Å². The number of nitrogens with one attached hydrogen (secondary N) is 5. The maximum Gasteiger partial charge on any atom is 0.410 e. The fourth-order valence-electron chi connectivity index (χ4n) is 8.30. The zero-order chi connectivity index (χ0) is 49.3. The van der Waals surface area contributed by atoms with Crippen LogP contribution in [0.15, 0.2) is 115 Å². The molecule has 0 saturated carbocycles. The van der Waals surface area contributed by atoms with Gasteiger partial charge in [0.2, 0.25) is 23.6 Å². The van der Waals surface area contributed by atoms with Crippen LogP contribution in [0.25, 0.3) is 0 Å². The largest absolute Gasteiger partial charge is 0.484 e. The molecule has 2 aliphatic heterocycles. The molecule has 6 N–H and O–H groups in total. The molecular formula is C52H63N7O10. The minimum atomic E-state index is -1.65. The first-order valence-corrected chi connectivity index (χ1v) is 23.4. The lowest BCUT2D eigenvalue weighted by Gasteiger charge is -2.32. The molecule has 2 saturated heterocycles. The van der Waals surface area contributed by atoms with Crippen molar-refractivity contribution in [2.24, 2.45) is 0 Å². The third-order valence-electron chi connectivity index (χ3n) is 11.7. The summed E-state index contributed by atoms with van der Waals surface area (Å²) in [6.45, 7) is 5.71. The Balaban J connectivity index is 0.994. The number of nitrogens with zero attached hydrogens (tertiary/aromatic N) is 2. The lowest BCUT2D eigenvalue weighted by molar-refractivity contribution is -0.147. The summed E-state index contributed by atoms with van der Waals surface area (Å²) in [7, 11) is 0. The van der Waals surface area contributed by atoms with Crippen LogP contribution in [0.5, 0.6) is 5.75 Å². The van der Waals surface area contributed by atoms with Gasteiger partial charge in [-0.1, -0.05) is 97.1 Å². The highest BCUT2D eigenvalue weighted by Gasteiger charge is 2.41.